The molecule has 0 fully saturated rings. The first-order valence-electron chi connectivity index (χ1n) is 10.2. The predicted octanol–water partition coefficient (Wildman–Crippen LogP) is 5.59. The number of carbonyl (C=O) groups excluding carboxylic acids is 2. The molecule has 1 aromatic carbocycles. The van der Waals surface area contributed by atoms with E-state index in [1.165, 1.54) is 11.2 Å². The number of amides is 2. The van der Waals surface area contributed by atoms with E-state index in [-0.39, 0.29) is 18.2 Å². The number of aromatic nitrogens is 2. The molecule has 3 aromatic heterocycles. The van der Waals surface area contributed by atoms with Gasteiger partial charge in [-0.05, 0) is 49.7 Å². The van der Waals surface area contributed by atoms with Gasteiger partial charge in [0.15, 0.2) is 5.76 Å². The van der Waals surface area contributed by atoms with Gasteiger partial charge in [-0.2, -0.15) is 0 Å². The molecule has 0 aliphatic rings. The second-order valence-corrected chi connectivity index (χ2v) is 8.22. The summed E-state index contributed by atoms with van der Waals surface area (Å²) in [7, 11) is 0. The summed E-state index contributed by atoms with van der Waals surface area (Å²) in [6.45, 7) is 3.83. The number of fused-ring (bicyclic) bond motifs is 1. The van der Waals surface area contributed by atoms with Crippen molar-refractivity contribution < 1.29 is 18.5 Å². The van der Waals surface area contributed by atoms with Gasteiger partial charge in [-0.1, -0.05) is 35.3 Å². The number of benzene rings is 1. The Kier molecular flexibility index (Phi) is 6.67. The summed E-state index contributed by atoms with van der Waals surface area (Å²) < 4.78 is 10.8. The van der Waals surface area contributed by atoms with Gasteiger partial charge in [-0.3, -0.25) is 9.59 Å². The van der Waals surface area contributed by atoms with Gasteiger partial charge in [0, 0.05) is 11.6 Å². The maximum atomic E-state index is 13.6. The predicted molar refractivity (Wildman–Crippen MR) is 126 cm³/mol. The van der Waals surface area contributed by atoms with Crippen LogP contribution in [0.1, 0.15) is 29.4 Å². The number of rotatable bonds is 7. The summed E-state index contributed by atoms with van der Waals surface area (Å²) >= 11 is 12.1. The van der Waals surface area contributed by atoms with Gasteiger partial charge >= 0.3 is 0 Å². The van der Waals surface area contributed by atoms with Crippen LogP contribution in [0.5, 0.6) is 0 Å². The van der Waals surface area contributed by atoms with Crippen LogP contribution in [0.15, 0.2) is 51.6 Å². The summed E-state index contributed by atoms with van der Waals surface area (Å²) in [6, 6.07) is 9.85. The lowest BCUT2D eigenvalue weighted by atomic mass is 10.1. The highest BCUT2D eigenvalue weighted by Crippen LogP contribution is 2.29. The third-order valence-electron chi connectivity index (χ3n) is 4.94. The molecule has 8 nitrogen and oxygen atoms in total. The lowest BCUT2D eigenvalue weighted by molar-refractivity contribution is -0.116. The monoisotopic (exact) mass is 486 g/mol. The number of hydrogen-bond donors (Lipinski definition) is 1. The molecular weight excluding hydrogens is 467 g/mol. The van der Waals surface area contributed by atoms with E-state index in [2.05, 4.69) is 15.5 Å². The molecule has 0 unspecified atom stereocenters. The molecule has 0 saturated heterocycles. The molecule has 10 heteroatoms. The molecule has 0 bridgehead atoms. The van der Waals surface area contributed by atoms with Crippen LogP contribution in [-0.4, -0.2) is 39.9 Å². The standard InChI is InChI=1S/C23H20Cl2N4O4/c1-3-8-29(12-20(30)26-17-10-14(24)6-7-16(17)25)23(31)15-11-18(19-5-4-9-32-19)27-22-21(15)13(2)28-33-22/h4-7,9-11H,3,8,12H2,1-2H3,(H,26,30). The zero-order valence-electron chi connectivity index (χ0n) is 17.9. The highest BCUT2D eigenvalue weighted by Gasteiger charge is 2.25. The number of halogens is 2. The first-order chi connectivity index (χ1) is 15.9. The normalized spacial score (nSPS) is 11.0. The minimum atomic E-state index is -0.403. The Morgan fingerprint density at radius 2 is 2.00 bits per heavy atom. The first-order valence-corrected chi connectivity index (χ1v) is 11.0. The summed E-state index contributed by atoms with van der Waals surface area (Å²) in [5, 5.41) is 7.95. The number of nitrogens with one attached hydrogen (secondary N) is 1. The average molecular weight is 487 g/mol. The minimum absolute atomic E-state index is 0.181. The lowest BCUT2D eigenvalue weighted by Crippen LogP contribution is -2.38. The highest BCUT2D eigenvalue weighted by molar-refractivity contribution is 6.35. The molecule has 4 aromatic rings. The topological polar surface area (TPSA) is 101 Å². The molecule has 2 amide bonds. The Balaban J connectivity index is 1.66. The lowest BCUT2D eigenvalue weighted by Gasteiger charge is -2.22. The molecule has 0 radical (unpaired) electrons. The van der Waals surface area contributed by atoms with Crippen molar-refractivity contribution in [2.24, 2.45) is 0 Å². The molecule has 1 N–H and O–H groups in total. The maximum Gasteiger partial charge on any atom is 0.259 e. The number of pyridine rings is 1. The van der Waals surface area contributed by atoms with Crippen molar-refractivity contribution >= 4 is 51.8 Å². The third-order valence-corrected chi connectivity index (χ3v) is 5.50. The van der Waals surface area contributed by atoms with E-state index >= 15 is 0 Å². The van der Waals surface area contributed by atoms with Crippen molar-refractivity contribution in [3.05, 3.63) is 64.0 Å². The smallest absolute Gasteiger partial charge is 0.259 e. The summed E-state index contributed by atoms with van der Waals surface area (Å²) in [5.74, 6) is -0.273. The van der Waals surface area contributed by atoms with Crippen LogP contribution in [0.25, 0.3) is 22.6 Å². The minimum Gasteiger partial charge on any atom is -0.463 e. The highest BCUT2D eigenvalue weighted by atomic mass is 35.5. The number of nitrogens with zero attached hydrogens (tertiary/aromatic N) is 3. The van der Waals surface area contributed by atoms with E-state index < -0.39 is 5.91 Å². The summed E-state index contributed by atoms with van der Waals surface area (Å²) in [5.41, 5.74) is 1.87. The van der Waals surface area contributed by atoms with Crippen LogP contribution in [0.2, 0.25) is 10.0 Å². The SMILES string of the molecule is CCCN(CC(=O)Nc1cc(Cl)ccc1Cl)C(=O)c1cc(-c2ccco2)nc2onc(C)c12. The molecular formula is C23H20Cl2N4O4. The van der Waals surface area contributed by atoms with E-state index in [9.17, 15) is 9.59 Å². The number of hydrogen-bond acceptors (Lipinski definition) is 6. The van der Waals surface area contributed by atoms with Crippen molar-refractivity contribution in [2.45, 2.75) is 20.3 Å². The number of aryl methyl sites for hydroxylation is 1. The fourth-order valence-electron chi connectivity index (χ4n) is 3.46. The van der Waals surface area contributed by atoms with Gasteiger partial charge in [0.05, 0.1) is 33.6 Å². The molecule has 0 aliphatic heterocycles. The molecule has 0 saturated carbocycles. The first kappa shape index (κ1) is 22.8. The third kappa shape index (κ3) is 4.86. The largest absolute Gasteiger partial charge is 0.463 e. The van der Waals surface area contributed by atoms with E-state index in [4.69, 9.17) is 32.1 Å². The molecule has 0 atom stereocenters. The van der Waals surface area contributed by atoms with Crippen molar-refractivity contribution in [2.75, 3.05) is 18.4 Å². The Morgan fingerprint density at radius 1 is 1.18 bits per heavy atom. The van der Waals surface area contributed by atoms with E-state index in [0.717, 1.165) is 0 Å². The van der Waals surface area contributed by atoms with Crippen LogP contribution in [0.4, 0.5) is 5.69 Å². The molecule has 4 rings (SSSR count). The van der Waals surface area contributed by atoms with Crippen molar-refractivity contribution in [1.29, 1.82) is 0 Å². The zero-order valence-corrected chi connectivity index (χ0v) is 19.4. The molecule has 170 valence electrons. The number of anilines is 1. The van der Waals surface area contributed by atoms with Crippen LogP contribution < -0.4 is 5.32 Å². The maximum absolute atomic E-state index is 13.6. The van der Waals surface area contributed by atoms with Crippen LogP contribution in [0, 0.1) is 6.92 Å². The van der Waals surface area contributed by atoms with Crippen LogP contribution in [0.3, 0.4) is 0 Å². The van der Waals surface area contributed by atoms with Gasteiger partial charge in [-0.25, -0.2) is 4.98 Å². The van der Waals surface area contributed by atoms with Gasteiger partial charge in [0.2, 0.25) is 5.91 Å². The quantitative estimate of drug-likeness (QED) is 0.365. The molecule has 0 aliphatic carbocycles. The van der Waals surface area contributed by atoms with Crippen LogP contribution in [-0.2, 0) is 4.79 Å². The van der Waals surface area contributed by atoms with Gasteiger partial charge in [0.1, 0.15) is 12.2 Å². The van der Waals surface area contributed by atoms with Crippen LogP contribution >= 0.6 is 23.2 Å². The fourth-order valence-corrected chi connectivity index (χ4v) is 3.80. The van der Waals surface area contributed by atoms with Gasteiger partial charge in [-0.15, -0.1) is 0 Å². The molecule has 33 heavy (non-hydrogen) atoms. The second kappa shape index (κ2) is 9.64. The molecule has 3 heterocycles. The number of furan rings is 1. The zero-order chi connectivity index (χ0) is 23.5. The summed E-state index contributed by atoms with van der Waals surface area (Å²) in [4.78, 5) is 32.2. The second-order valence-electron chi connectivity index (χ2n) is 7.38. The number of carbonyl (C=O) groups is 2. The van der Waals surface area contributed by atoms with E-state index in [1.807, 2.05) is 6.92 Å². The summed E-state index contributed by atoms with van der Waals surface area (Å²) in [6.07, 6.45) is 2.17. The van der Waals surface area contributed by atoms with Gasteiger partial charge < -0.3 is 19.2 Å². The Morgan fingerprint density at radius 3 is 2.73 bits per heavy atom. The Hall–Kier alpha value is -3.36. The van der Waals surface area contributed by atoms with E-state index in [1.54, 1.807) is 43.3 Å². The van der Waals surface area contributed by atoms with Gasteiger partial charge in [0.25, 0.3) is 11.6 Å². The Labute approximate surface area is 199 Å². The van der Waals surface area contributed by atoms with E-state index in [0.29, 0.717) is 56.8 Å². The van der Waals surface area contributed by atoms with Crippen molar-refractivity contribution in [3.63, 3.8) is 0 Å². The average Bonchev–Trinajstić information content (AvgIpc) is 3.45. The van der Waals surface area contributed by atoms with Crippen molar-refractivity contribution in [3.8, 4) is 11.5 Å². The fraction of sp³-hybridized carbons (Fsp3) is 0.217. The molecule has 0 spiro atoms. The van der Waals surface area contributed by atoms with Crippen molar-refractivity contribution in [1.82, 2.24) is 15.0 Å². The Bertz CT molecular complexity index is 1320.